The lowest BCUT2D eigenvalue weighted by Gasteiger charge is -2.35. The standard InChI is InChI=1S/C28H35N5O3S2/c1-21-7-8-23-24(19-21)37-28-26(23)27(29-25(30-28)20-31-14-16-36-17-15-31)32-10-12-33(13-11-32)38(34,35)18-9-22-5-3-2-4-6-22/h2-6,9,18,21H,7-8,10-17,19-20H2,1H3/b18-9+. The molecule has 0 N–H and O–H groups in total. The zero-order chi connectivity index (χ0) is 26.1. The Kier molecular flexibility index (Phi) is 7.50. The third-order valence-electron chi connectivity index (χ3n) is 7.78. The lowest BCUT2D eigenvalue weighted by molar-refractivity contribution is 0.0331. The van der Waals surface area contributed by atoms with E-state index in [1.54, 1.807) is 10.4 Å². The quantitative estimate of drug-likeness (QED) is 0.460. The number of piperazine rings is 1. The van der Waals surface area contributed by atoms with Gasteiger partial charge in [0.2, 0.25) is 10.0 Å². The average Bonchev–Trinajstić information content (AvgIpc) is 3.30. The van der Waals surface area contributed by atoms with Gasteiger partial charge in [-0.05, 0) is 42.4 Å². The number of anilines is 1. The van der Waals surface area contributed by atoms with Crippen LogP contribution in [0.1, 0.15) is 35.2 Å². The number of hydrogen-bond donors (Lipinski definition) is 0. The van der Waals surface area contributed by atoms with Crippen LogP contribution in [0.5, 0.6) is 0 Å². The van der Waals surface area contributed by atoms with E-state index in [4.69, 9.17) is 14.7 Å². The molecule has 2 saturated heterocycles. The smallest absolute Gasteiger partial charge is 0.236 e. The summed E-state index contributed by atoms with van der Waals surface area (Å²) in [5, 5.41) is 2.53. The summed E-state index contributed by atoms with van der Waals surface area (Å²) in [6, 6.07) is 9.55. The summed E-state index contributed by atoms with van der Waals surface area (Å²) in [6.45, 7) is 8.42. The van der Waals surface area contributed by atoms with E-state index in [0.29, 0.717) is 38.6 Å². The molecule has 1 aromatic carbocycles. The van der Waals surface area contributed by atoms with E-state index in [9.17, 15) is 8.42 Å². The van der Waals surface area contributed by atoms with Gasteiger partial charge in [-0.15, -0.1) is 11.3 Å². The highest BCUT2D eigenvalue weighted by Gasteiger charge is 2.30. The van der Waals surface area contributed by atoms with E-state index in [-0.39, 0.29) is 0 Å². The SMILES string of the molecule is CC1CCc2c(sc3nc(CN4CCOCC4)nc(N4CCN(S(=O)(=O)/C=C/c5ccccc5)CC4)c23)C1. The molecule has 2 aliphatic heterocycles. The third-order valence-corrected chi connectivity index (χ3v) is 10.5. The summed E-state index contributed by atoms with van der Waals surface area (Å²) in [5.41, 5.74) is 2.29. The van der Waals surface area contributed by atoms with Gasteiger partial charge in [0, 0.05) is 49.6 Å². The molecule has 0 amide bonds. The van der Waals surface area contributed by atoms with E-state index in [1.807, 2.05) is 41.7 Å². The van der Waals surface area contributed by atoms with Crippen molar-refractivity contribution in [3.05, 3.63) is 57.6 Å². The Morgan fingerprint density at radius 2 is 1.82 bits per heavy atom. The first-order valence-electron chi connectivity index (χ1n) is 13.6. The fourth-order valence-corrected chi connectivity index (χ4v) is 8.16. The Morgan fingerprint density at radius 3 is 2.58 bits per heavy atom. The van der Waals surface area contributed by atoms with Crippen LogP contribution in [0.4, 0.5) is 5.82 Å². The highest BCUT2D eigenvalue weighted by atomic mass is 32.2. The van der Waals surface area contributed by atoms with Crippen molar-refractivity contribution in [2.75, 3.05) is 57.4 Å². The van der Waals surface area contributed by atoms with Gasteiger partial charge >= 0.3 is 0 Å². The van der Waals surface area contributed by atoms with Crippen molar-refractivity contribution >= 4 is 43.5 Å². The molecule has 0 radical (unpaired) electrons. The lowest BCUT2D eigenvalue weighted by Crippen LogP contribution is -2.48. The van der Waals surface area contributed by atoms with E-state index in [0.717, 1.165) is 61.2 Å². The molecule has 6 rings (SSSR count). The molecule has 1 aliphatic carbocycles. The Morgan fingerprint density at radius 1 is 1.05 bits per heavy atom. The molecule has 202 valence electrons. The van der Waals surface area contributed by atoms with Crippen LogP contribution >= 0.6 is 11.3 Å². The molecule has 8 nitrogen and oxygen atoms in total. The fraction of sp³-hybridized carbons (Fsp3) is 0.500. The van der Waals surface area contributed by atoms with E-state index in [1.165, 1.54) is 27.7 Å². The second kappa shape index (κ2) is 11.0. The molecule has 38 heavy (non-hydrogen) atoms. The van der Waals surface area contributed by atoms with Gasteiger partial charge in [0.1, 0.15) is 16.5 Å². The second-order valence-corrected chi connectivity index (χ2v) is 13.4. The van der Waals surface area contributed by atoms with Crippen molar-refractivity contribution in [3.63, 3.8) is 0 Å². The molecule has 2 aromatic heterocycles. The van der Waals surface area contributed by atoms with E-state index < -0.39 is 10.0 Å². The van der Waals surface area contributed by atoms with E-state index >= 15 is 0 Å². The van der Waals surface area contributed by atoms with Crippen LogP contribution in [0.15, 0.2) is 35.7 Å². The number of thiophene rings is 1. The minimum Gasteiger partial charge on any atom is -0.379 e. The maximum atomic E-state index is 13.1. The van der Waals surface area contributed by atoms with Gasteiger partial charge in [0.15, 0.2) is 0 Å². The number of nitrogens with zero attached hydrogens (tertiary/aromatic N) is 5. The maximum absolute atomic E-state index is 13.1. The average molecular weight is 554 g/mol. The number of aryl methyl sites for hydroxylation is 1. The van der Waals surface area contributed by atoms with Crippen LogP contribution in [-0.2, 0) is 34.1 Å². The number of ether oxygens (including phenoxy) is 1. The molecule has 0 bridgehead atoms. The van der Waals surface area contributed by atoms with Gasteiger partial charge in [-0.3, -0.25) is 4.90 Å². The van der Waals surface area contributed by atoms with Gasteiger partial charge in [-0.1, -0.05) is 37.3 Å². The van der Waals surface area contributed by atoms with Crippen LogP contribution in [0, 0.1) is 5.92 Å². The van der Waals surface area contributed by atoms with Crippen LogP contribution in [0.2, 0.25) is 0 Å². The van der Waals surface area contributed by atoms with Gasteiger partial charge < -0.3 is 9.64 Å². The summed E-state index contributed by atoms with van der Waals surface area (Å²) in [6.07, 6.45) is 5.03. The zero-order valence-corrected chi connectivity index (χ0v) is 23.5. The number of benzene rings is 1. The normalized spacial score (nSPS) is 21.8. The number of hydrogen-bond acceptors (Lipinski definition) is 8. The number of sulfonamides is 1. The molecule has 3 aliphatic rings. The predicted octanol–water partition coefficient (Wildman–Crippen LogP) is 3.77. The minimum atomic E-state index is -3.49. The van der Waals surface area contributed by atoms with Crippen LogP contribution in [-0.4, -0.2) is 80.1 Å². The summed E-state index contributed by atoms with van der Waals surface area (Å²) in [7, 11) is -3.49. The summed E-state index contributed by atoms with van der Waals surface area (Å²) < 4.78 is 33.2. The molecule has 3 aromatic rings. The molecular formula is C28H35N5O3S2. The minimum absolute atomic E-state index is 0.440. The van der Waals surface area contributed by atoms with Crippen molar-refractivity contribution in [1.29, 1.82) is 0 Å². The molecular weight excluding hydrogens is 518 g/mol. The summed E-state index contributed by atoms with van der Waals surface area (Å²) in [4.78, 5) is 17.4. The van der Waals surface area contributed by atoms with E-state index in [2.05, 4.69) is 16.7 Å². The van der Waals surface area contributed by atoms with Crippen LogP contribution in [0.3, 0.4) is 0 Å². The number of fused-ring (bicyclic) bond motifs is 3. The molecule has 4 heterocycles. The van der Waals surface area contributed by atoms with Crippen molar-refractivity contribution in [2.24, 2.45) is 5.92 Å². The zero-order valence-electron chi connectivity index (χ0n) is 21.9. The molecule has 1 atom stereocenters. The van der Waals surface area contributed by atoms with Crippen LogP contribution in [0.25, 0.3) is 16.3 Å². The lowest BCUT2D eigenvalue weighted by atomic mass is 9.89. The molecule has 0 spiro atoms. The fourth-order valence-electron chi connectivity index (χ4n) is 5.59. The van der Waals surface area contributed by atoms with Crippen molar-refractivity contribution in [3.8, 4) is 0 Å². The molecule has 10 heteroatoms. The Bertz CT molecular complexity index is 1410. The third kappa shape index (κ3) is 5.51. The number of morpholine rings is 1. The van der Waals surface area contributed by atoms with Gasteiger partial charge in [0.25, 0.3) is 0 Å². The van der Waals surface area contributed by atoms with Crippen molar-refractivity contribution in [2.45, 2.75) is 32.7 Å². The monoisotopic (exact) mass is 553 g/mol. The highest BCUT2D eigenvalue weighted by molar-refractivity contribution is 7.92. The van der Waals surface area contributed by atoms with Crippen LogP contribution < -0.4 is 4.90 Å². The number of rotatable bonds is 6. The Balaban J connectivity index is 1.26. The largest absolute Gasteiger partial charge is 0.379 e. The Labute approximate surface area is 229 Å². The topological polar surface area (TPSA) is 78.9 Å². The second-order valence-electron chi connectivity index (χ2n) is 10.5. The molecule has 2 fully saturated rings. The number of aromatic nitrogens is 2. The summed E-state index contributed by atoms with van der Waals surface area (Å²) in [5.74, 6) is 2.53. The van der Waals surface area contributed by atoms with Gasteiger partial charge in [-0.2, -0.15) is 4.31 Å². The first-order valence-corrected chi connectivity index (χ1v) is 15.9. The first-order chi connectivity index (χ1) is 18.5. The molecule has 0 saturated carbocycles. The van der Waals surface area contributed by atoms with Gasteiger partial charge in [0.05, 0.1) is 25.1 Å². The first kappa shape index (κ1) is 25.9. The molecule has 1 unspecified atom stereocenters. The maximum Gasteiger partial charge on any atom is 0.236 e. The van der Waals surface area contributed by atoms with Crippen molar-refractivity contribution in [1.82, 2.24) is 19.2 Å². The Hall–Kier alpha value is -2.37. The highest BCUT2D eigenvalue weighted by Crippen LogP contribution is 2.41. The van der Waals surface area contributed by atoms with Gasteiger partial charge in [-0.25, -0.2) is 18.4 Å². The predicted molar refractivity (Wildman–Crippen MR) is 153 cm³/mol. The van der Waals surface area contributed by atoms with Crippen molar-refractivity contribution < 1.29 is 13.2 Å². The summed E-state index contributed by atoms with van der Waals surface area (Å²) >= 11 is 1.83.